The van der Waals surface area contributed by atoms with Gasteiger partial charge in [-0.1, -0.05) is 56.0 Å². The number of aromatic nitrogens is 2. The molecule has 3 rings (SSSR count). The van der Waals surface area contributed by atoms with Crippen LogP contribution in [0.5, 0.6) is 0 Å². The molecule has 0 radical (unpaired) electrons. The number of nitrogens with two attached hydrogens (primary N) is 1. The highest BCUT2D eigenvalue weighted by atomic mass is 35.5. The average Bonchev–Trinajstić information content (AvgIpc) is 2.89. The number of carbonyl (C=O) groups is 1. The summed E-state index contributed by atoms with van der Waals surface area (Å²) in [6.07, 6.45) is 11.3. The van der Waals surface area contributed by atoms with Crippen molar-refractivity contribution in [1.82, 2.24) is 14.9 Å². The monoisotopic (exact) mass is 412 g/mol. The highest BCUT2D eigenvalue weighted by Crippen LogP contribution is 2.17. The van der Waals surface area contributed by atoms with Crippen LogP contribution in [0.3, 0.4) is 0 Å². The highest BCUT2D eigenvalue weighted by Gasteiger charge is 2.20. The number of hydrogen-bond donors (Lipinski definition) is 2. The predicted molar refractivity (Wildman–Crippen MR) is 114 cm³/mol. The molecule has 150 valence electrons. The van der Waals surface area contributed by atoms with Gasteiger partial charge in [-0.25, -0.2) is 4.98 Å². The molecule has 5 nitrogen and oxygen atoms in total. The average molecular weight is 413 g/mol. The van der Waals surface area contributed by atoms with Crippen LogP contribution in [-0.4, -0.2) is 27.5 Å². The van der Waals surface area contributed by atoms with Crippen LogP contribution in [0.1, 0.15) is 49.8 Å². The highest BCUT2D eigenvalue weighted by molar-refractivity contribution is 5.85. The van der Waals surface area contributed by atoms with E-state index in [9.17, 15) is 4.79 Å². The summed E-state index contributed by atoms with van der Waals surface area (Å²) in [5.41, 5.74) is 8.19. The lowest BCUT2D eigenvalue weighted by atomic mass is 10.1. The topological polar surface area (TPSA) is 72.9 Å². The van der Waals surface area contributed by atoms with Crippen molar-refractivity contribution in [2.45, 2.75) is 63.6 Å². The number of nitrogens with one attached hydrogen (secondary N) is 1. The summed E-state index contributed by atoms with van der Waals surface area (Å²) in [6.45, 7) is 0.775. The molecule has 0 bridgehead atoms. The Morgan fingerprint density at radius 3 is 2.48 bits per heavy atom. The van der Waals surface area contributed by atoms with Crippen LogP contribution < -0.4 is 11.1 Å². The van der Waals surface area contributed by atoms with Gasteiger partial charge in [-0.3, -0.25) is 4.79 Å². The van der Waals surface area contributed by atoms with Crippen molar-refractivity contribution in [2.75, 3.05) is 0 Å². The Morgan fingerprint density at radius 2 is 1.81 bits per heavy atom. The number of amides is 1. The number of imidazole rings is 1. The Labute approximate surface area is 173 Å². The van der Waals surface area contributed by atoms with Crippen LogP contribution in [0.15, 0.2) is 42.9 Å². The van der Waals surface area contributed by atoms with Crippen molar-refractivity contribution >= 4 is 30.7 Å². The number of rotatable bonds is 6. The number of carbonyl (C=O) groups excluding carboxylic acids is 1. The van der Waals surface area contributed by atoms with Gasteiger partial charge in [0.05, 0.1) is 18.1 Å². The summed E-state index contributed by atoms with van der Waals surface area (Å²) in [6, 6.07) is 9.99. The van der Waals surface area contributed by atoms with E-state index in [2.05, 4.69) is 22.4 Å². The van der Waals surface area contributed by atoms with Gasteiger partial charge in [0, 0.05) is 25.2 Å². The molecular formula is C20H30Cl2N4O. The van der Waals surface area contributed by atoms with Gasteiger partial charge in [-0.15, -0.1) is 24.8 Å². The number of hydrogen-bond acceptors (Lipinski definition) is 3. The molecule has 2 aromatic rings. The molecular weight excluding hydrogens is 383 g/mol. The van der Waals surface area contributed by atoms with Gasteiger partial charge in [-0.05, 0) is 18.4 Å². The second-order valence-electron chi connectivity index (χ2n) is 7.03. The van der Waals surface area contributed by atoms with Gasteiger partial charge in [0.2, 0.25) is 5.91 Å². The molecule has 1 amide bonds. The minimum Gasteiger partial charge on any atom is -0.352 e. The van der Waals surface area contributed by atoms with E-state index >= 15 is 0 Å². The molecule has 0 spiro atoms. The summed E-state index contributed by atoms with van der Waals surface area (Å²) in [5.74, 6) is -0.0514. The maximum Gasteiger partial charge on any atom is 0.237 e. The van der Waals surface area contributed by atoms with Gasteiger partial charge < -0.3 is 15.6 Å². The zero-order valence-corrected chi connectivity index (χ0v) is 17.2. The molecule has 0 unspecified atom stereocenters. The Morgan fingerprint density at radius 1 is 1.15 bits per heavy atom. The van der Waals surface area contributed by atoms with E-state index in [-0.39, 0.29) is 36.8 Å². The quantitative estimate of drug-likeness (QED) is 0.713. The summed E-state index contributed by atoms with van der Waals surface area (Å²) >= 11 is 0. The van der Waals surface area contributed by atoms with Crippen molar-refractivity contribution < 1.29 is 4.79 Å². The van der Waals surface area contributed by atoms with Crippen molar-refractivity contribution in [2.24, 2.45) is 5.73 Å². The second kappa shape index (κ2) is 12.0. The van der Waals surface area contributed by atoms with Gasteiger partial charge in [0.25, 0.3) is 0 Å². The molecule has 0 saturated heterocycles. The van der Waals surface area contributed by atoms with Crippen LogP contribution >= 0.6 is 24.8 Å². The molecule has 1 heterocycles. The molecule has 7 heteroatoms. The first-order valence-electron chi connectivity index (χ1n) is 9.31. The second-order valence-corrected chi connectivity index (χ2v) is 7.03. The maximum atomic E-state index is 12.4. The van der Waals surface area contributed by atoms with Crippen LogP contribution in [0.4, 0.5) is 0 Å². The number of nitrogens with zero attached hydrogens (tertiary/aromatic N) is 2. The fourth-order valence-electron chi connectivity index (χ4n) is 3.44. The van der Waals surface area contributed by atoms with Gasteiger partial charge in [0.15, 0.2) is 0 Å². The lowest BCUT2D eigenvalue weighted by Gasteiger charge is -2.19. The number of halogens is 2. The summed E-state index contributed by atoms with van der Waals surface area (Å²) < 4.78 is 2.03. The zero-order chi connectivity index (χ0) is 17.5. The van der Waals surface area contributed by atoms with E-state index in [4.69, 9.17) is 5.73 Å². The molecule has 1 aromatic heterocycles. The summed E-state index contributed by atoms with van der Waals surface area (Å²) in [7, 11) is 0. The van der Waals surface area contributed by atoms with Crippen LogP contribution in [0, 0.1) is 0 Å². The minimum absolute atomic E-state index is 0. The lowest BCUT2D eigenvalue weighted by Crippen LogP contribution is -2.46. The summed E-state index contributed by atoms with van der Waals surface area (Å²) in [4.78, 5) is 16.8. The predicted octanol–water partition coefficient (Wildman–Crippen LogP) is 3.48. The standard InChI is InChI=1S/C20H28N4O.2ClH/c21-19(20(25)23-17-10-6-1-2-7-11-17)12-18-14-24(15-22-18)13-16-8-4-3-5-9-16;;/h3-5,8-9,14-15,17,19H,1-2,6-7,10-13,21H2,(H,23,25);2*1H/t19-;;/m0../s1. The molecule has 27 heavy (non-hydrogen) atoms. The van der Waals surface area contributed by atoms with E-state index in [1.54, 1.807) is 6.33 Å². The molecule has 1 atom stereocenters. The first kappa shape index (κ1) is 23.5. The van der Waals surface area contributed by atoms with Crippen molar-refractivity contribution in [3.05, 3.63) is 54.1 Å². The normalized spacial score (nSPS) is 15.7. The molecule has 0 aliphatic heterocycles. The third kappa shape index (κ3) is 7.53. The van der Waals surface area contributed by atoms with E-state index in [1.165, 1.54) is 31.2 Å². The van der Waals surface area contributed by atoms with E-state index < -0.39 is 6.04 Å². The van der Waals surface area contributed by atoms with Crippen LogP contribution in [0.2, 0.25) is 0 Å². The van der Waals surface area contributed by atoms with Crippen molar-refractivity contribution in [3.8, 4) is 0 Å². The first-order valence-corrected chi connectivity index (χ1v) is 9.31. The largest absolute Gasteiger partial charge is 0.352 e. The Bertz CT molecular complexity index is 670. The Balaban J connectivity index is 0.00000182. The molecule has 1 fully saturated rings. The van der Waals surface area contributed by atoms with Crippen molar-refractivity contribution in [3.63, 3.8) is 0 Å². The molecule has 1 aromatic carbocycles. The van der Waals surface area contributed by atoms with Crippen LogP contribution in [-0.2, 0) is 17.8 Å². The number of benzene rings is 1. The van der Waals surface area contributed by atoms with Gasteiger partial charge in [-0.2, -0.15) is 0 Å². The molecule has 1 aliphatic rings. The minimum atomic E-state index is -0.539. The fraction of sp³-hybridized carbons (Fsp3) is 0.500. The Kier molecular flexibility index (Phi) is 10.4. The zero-order valence-electron chi connectivity index (χ0n) is 15.5. The van der Waals surface area contributed by atoms with Crippen LogP contribution in [0.25, 0.3) is 0 Å². The van der Waals surface area contributed by atoms with E-state index in [0.717, 1.165) is 25.1 Å². The maximum absolute atomic E-state index is 12.4. The summed E-state index contributed by atoms with van der Waals surface area (Å²) in [5, 5.41) is 3.13. The fourth-order valence-corrected chi connectivity index (χ4v) is 3.44. The third-order valence-electron chi connectivity index (χ3n) is 4.86. The molecule has 3 N–H and O–H groups in total. The smallest absolute Gasteiger partial charge is 0.237 e. The van der Waals surface area contributed by atoms with Gasteiger partial charge in [0.1, 0.15) is 0 Å². The van der Waals surface area contributed by atoms with Crippen molar-refractivity contribution in [1.29, 1.82) is 0 Å². The molecule has 1 aliphatic carbocycles. The Hall–Kier alpha value is -1.56. The third-order valence-corrected chi connectivity index (χ3v) is 4.86. The van der Waals surface area contributed by atoms with E-state index in [1.807, 2.05) is 29.0 Å². The lowest BCUT2D eigenvalue weighted by molar-refractivity contribution is -0.123. The van der Waals surface area contributed by atoms with Gasteiger partial charge >= 0.3 is 0 Å². The van der Waals surface area contributed by atoms with E-state index in [0.29, 0.717) is 6.42 Å². The molecule has 1 saturated carbocycles. The first-order chi connectivity index (χ1) is 12.2. The SMILES string of the molecule is Cl.Cl.N[C@@H](Cc1cn(Cc2ccccc2)cn1)C(=O)NC1CCCCCC1.